The van der Waals surface area contributed by atoms with E-state index in [2.05, 4.69) is 15.3 Å². The number of hydrogen-bond donors (Lipinski definition) is 2. The first-order valence-electron chi connectivity index (χ1n) is 10.7. The number of aromatic nitrogens is 2. The zero-order chi connectivity index (χ0) is 23.4. The molecule has 0 saturated carbocycles. The fourth-order valence-electron chi connectivity index (χ4n) is 3.45. The maximum atomic E-state index is 12.7. The molecule has 4 aromatic rings. The van der Waals surface area contributed by atoms with Gasteiger partial charge in [-0.25, -0.2) is 4.98 Å². The molecule has 1 atom stereocenters. The second-order valence-corrected chi connectivity index (χ2v) is 7.99. The first-order chi connectivity index (χ1) is 15.9. The molecule has 6 nitrogen and oxygen atoms in total. The molecule has 0 unspecified atom stereocenters. The van der Waals surface area contributed by atoms with E-state index in [-0.39, 0.29) is 12.0 Å². The van der Waals surface area contributed by atoms with E-state index in [1.54, 1.807) is 18.6 Å². The minimum atomic E-state index is -0.309. The summed E-state index contributed by atoms with van der Waals surface area (Å²) in [7, 11) is 0. The Balaban J connectivity index is 1.50. The lowest BCUT2D eigenvalue weighted by Crippen LogP contribution is -2.13. The van der Waals surface area contributed by atoms with E-state index >= 15 is 0 Å². The van der Waals surface area contributed by atoms with E-state index in [0.29, 0.717) is 22.8 Å². The van der Waals surface area contributed by atoms with Gasteiger partial charge in [0.25, 0.3) is 5.91 Å². The van der Waals surface area contributed by atoms with Crippen molar-refractivity contribution in [1.82, 2.24) is 9.97 Å². The SMILES string of the molecule is Cc1ccc(C(=O)Nc2cccc([C@@H](C)Oc3cc(-c4cccnc4)cnc3N)c2)cc1C. The molecule has 0 radical (unpaired) electrons. The number of hydrogen-bond acceptors (Lipinski definition) is 5. The molecular weight excluding hydrogens is 412 g/mol. The fourth-order valence-corrected chi connectivity index (χ4v) is 3.45. The van der Waals surface area contributed by atoms with Gasteiger partial charge in [-0.1, -0.05) is 24.3 Å². The van der Waals surface area contributed by atoms with Gasteiger partial charge in [0.1, 0.15) is 6.10 Å². The third-order valence-corrected chi connectivity index (χ3v) is 5.56. The summed E-state index contributed by atoms with van der Waals surface area (Å²) in [5.74, 6) is 0.656. The third-order valence-electron chi connectivity index (χ3n) is 5.56. The maximum Gasteiger partial charge on any atom is 0.255 e. The van der Waals surface area contributed by atoms with E-state index in [1.807, 2.05) is 81.4 Å². The number of aryl methyl sites for hydroxylation is 2. The molecule has 33 heavy (non-hydrogen) atoms. The van der Waals surface area contributed by atoms with E-state index in [9.17, 15) is 4.79 Å². The van der Waals surface area contributed by atoms with Gasteiger partial charge in [-0.3, -0.25) is 9.78 Å². The molecule has 3 N–H and O–H groups in total. The van der Waals surface area contributed by atoms with Crippen LogP contribution in [0.2, 0.25) is 0 Å². The van der Waals surface area contributed by atoms with Crippen LogP contribution < -0.4 is 15.8 Å². The number of amides is 1. The Labute approximate surface area is 193 Å². The van der Waals surface area contributed by atoms with E-state index in [1.165, 1.54) is 0 Å². The normalized spacial score (nSPS) is 11.6. The highest BCUT2D eigenvalue weighted by molar-refractivity contribution is 6.04. The van der Waals surface area contributed by atoms with Gasteiger partial charge in [-0.2, -0.15) is 0 Å². The van der Waals surface area contributed by atoms with Crippen LogP contribution in [0.25, 0.3) is 11.1 Å². The van der Waals surface area contributed by atoms with E-state index in [4.69, 9.17) is 10.5 Å². The number of benzene rings is 2. The summed E-state index contributed by atoms with van der Waals surface area (Å²) >= 11 is 0. The molecule has 1 amide bonds. The van der Waals surface area contributed by atoms with Crippen LogP contribution in [-0.2, 0) is 0 Å². The van der Waals surface area contributed by atoms with Gasteiger partial charge < -0.3 is 15.8 Å². The summed E-state index contributed by atoms with van der Waals surface area (Å²) in [6.07, 6.45) is 4.88. The number of nitrogen functional groups attached to an aromatic ring is 1. The zero-order valence-electron chi connectivity index (χ0n) is 18.9. The van der Waals surface area contributed by atoms with Gasteiger partial charge in [0.05, 0.1) is 0 Å². The smallest absolute Gasteiger partial charge is 0.255 e. The number of pyridine rings is 2. The van der Waals surface area contributed by atoms with Crippen molar-refractivity contribution in [3.05, 3.63) is 102 Å². The van der Waals surface area contributed by atoms with Crippen molar-refractivity contribution >= 4 is 17.4 Å². The van der Waals surface area contributed by atoms with Crippen molar-refractivity contribution in [1.29, 1.82) is 0 Å². The fraction of sp³-hybridized carbons (Fsp3) is 0.148. The molecule has 0 aliphatic carbocycles. The van der Waals surface area contributed by atoms with Crippen LogP contribution in [0.1, 0.15) is 40.1 Å². The molecule has 2 aromatic heterocycles. The Morgan fingerprint density at radius 3 is 2.58 bits per heavy atom. The minimum Gasteiger partial charge on any atom is -0.482 e. The summed E-state index contributed by atoms with van der Waals surface area (Å²) < 4.78 is 6.15. The largest absolute Gasteiger partial charge is 0.482 e. The third kappa shape index (κ3) is 5.18. The highest BCUT2D eigenvalue weighted by atomic mass is 16.5. The zero-order valence-corrected chi connectivity index (χ0v) is 18.9. The van der Waals surface area contributed by atoms with Crippen LogP contribution in [0.4, 0.5) is 11.5 Å². The Bertz CT molecular complexity index is 1290. The van der Waals surface area contributed by atoms with Crippen molar-refractivity contribution in [2.24, 2.45) is 0 Å². The number of anilines is 2. The monoisotopic (exact) mass is 438 g/mol. The number of nitrogens with zero attached hydrogens (tertiary/aromatic N) is 2. The summed E-state index contributed by atoms with van der Waals surface area (Å²) in [6.45, 7) is 5.95. The lowest BCUT2D eigenvalue weighted by Gasteiger charge is -2.18. The van der Waals surface area contributed by atoms with Gasteiger partial charge in [-0.15, -0.1) is 0 Å². The standard InChI is InChI=1S/C27H26N4O2/c1-17-9-10-21(12-18(17)2)27(32)31-24-8-4-6-20(13-24)19(3)33-25-14-23(16-30-26(25)28)22-7-5-11-29-15-22/h4-16,19H,1-3H3,(H2,28,30)(H,31,32)/t19-/m1/s1. The number of carbonyl (C=O) groups is 1. The molecule has 4 rings (SSSR count). The molecule has 2 heterocycles. The van der Waals surface area contributed by atoms with Crippen LogP contribution in [0.3, 0.4) is 0 Å². The van der Waals surface area contributed by atoms with E-state index in [0.717, 1.165) is 27.8 Å². The molecular formula is C27H26N4O2. The average molecular weight is 439 g/mol. The molecule has 2 aromatic carbocycles. The van der Waals surface area contributed by atoms with Crippen LogP contribution in [0.5, 0.6) is 5.75 Å². The lowest BCUT2D eigenvalue weighted by atomic mass is 10.1. The summed E-state index contributed by atoms with van der Waals surface area (Å²) in [5, 5.41) is 2.97. The number of nitrogens with two attached hydrogens (primary N) is 1. The van der Waals surface area contributed by atoms with Crippen molar-refractivity contribution in [3.63, 3.8) is 0 Å². The first-order valence-corrected chi connectivity index (χ1v) is 10.7. The quantitative estimate of drug-likeness (QED) is 0.401. The molecule has 0 saturated heterocycles. The topological polar surface area (TPSA) is 90.1 Å². The molecule has 0 aliphatic rings. The summed E-state index contributed by atoms with van der Waals surface area (Å²) in [4.78, 5) is 21.1. The minimum absolute atomic E-state index is 0.151. The number of nitrogens with one attached hydrogen (secondary N) is 1. The van der Waals surface area contributed by atoms with Crippen molar-refractivity contribution in [3.8, 4) is 16.9 Å². The molecule has 6 heteroatoms. The van der Waals surface area contributed by atoms with Crippen LogP contribution in [-0.4, -0.2) is 15.9 Å². The van der Waals surface area contributed by atoms with Gasteiger partial charge in [0.15, 0.2) is 11.6 Å². The second-order valence-electron chi connectivity index (χ2n) is 7.99. The van der Waals surface area contributed by atoms with Gasteiger partial charge in [0, 0.05) is 41.0 Å². The Morgan fingerprint density at radius 1 is 0.970 bits per heavy atom. The Kier molecular flexibility index (Phi) is 6.36. The van der Waals surface area contributed by atoms with Crippen LogP contribution >= 0.6 is 0 Å². The predicted molar refractivity (Wildman–Crippen MR) is 131 cm³/mol. The van der Waals surface area contributed by atoms with Gasteiger partial charge in [-0.05, 0) is 73.9 Å². The average Bonchev–Trinajstić information content (AvgIpc) is 2.83. The predicted octanol–water partition coefficient (Wildman–Crippen LogP) is 5.73. The Hall–Kier alpha value is -4.19. The highest BCUT2D eigenvalue weighted by Crippen LogP contribution is 2.31. The van der Waals surface area contributed by atoms with Crippen molar-refractivity contribution in [2.75, 3.05) is 11.1 Å². The number of carbonyl (C=O) groups excluding carboxylic acids is 1. The maximum absolute atomic E-state index is 12.7. The highest BCUT2D eigenvalue weighted by Gasteiger charge is 2.14. The van der Waals surface area contributed by atoms with Gasteiger partial charge in [0.2, 0.25) is 0 Å². The van der Waals surface area contributed by atoms with Gasteiger partial charge >= 0.3 is 0 Å². The Morgan fingerprint density at radius 2 is 1.82 bits per heavy atom. The van der Waals surface area contributed by atoms with Crippen LogP contribution in [0.15, 0.2) is 79.3 Å². The molecule has 0 bridgehead atoms. The van der Waals surface area contributed by atoms with Crippen molar-refractivity contribution < 1.29 is 9.53 Å². The summed E-state index contributed by atoms with van der Waals surface area (Å²) in [6, 6.07) is 19.0. The molecule has 0 fully saturated rings. The lowest BCUT2D eigenvalue weighted by molar-refractivity contribution is 0.102. The summed E-state index contributed by atoms with van der Waals surface area (Å²) in [5.41, 5.74) is 12.3. The molecule has 0 spiro atoms. The van der Waals surface area contributed by atoms with Crippen molar-refractivity contribution in [2.45, 2.75) is 26.9 Å². The number of rotatable bonds is 6. The number of ether oxygens (including phenoxy) is 1. The molecule has 0 aliphatic heterocycles. The molecule has 166 valence electrons. The van der Waals surface area contributed by atoms with E-state index < -0.39 is 0 Å². The first kappa shape index (κ1) is 22.0. The van der Waals surface area contributed by atoms with Crippen LogP contribution in [0, 0.1) is 13.8 Å². The second kappa shape index (κ2) is 9.53.